The van der Waals surface area contributed by atoms with Gasteiger partial charge >= 0.3 is 0 Å². The minimum atomic E-state index is 0.490. The highest BCUT2D eigenvalue weighted by atomic mass is 15.3. The first-order valence-corrected chi connectivity index (χ1v) is 11.7. The van der Waals surface area contributed by atoms with E-state index >= 15 is 0 Å². The zero-order chi connectivity index (χ0) is 21.5. The second-order valence-electron chi connectivity index (χ2n) is 9.42. The van der Waals surface area contributed by atoms with Gasteiger partial charge in [-0.15, -0.1) is 0 Å². The van der Waals surface area contributed by atoms with Crippen LogP contribution in [0, 0.1) is 26.7 Å². The fourth-order valence-electron chi connectivity index (χ4n) is 4.86. The fourth-order valence-corrected chi connectivity index (χ4v) is 4.86. The van der Waals surface area contributed by atoms with Crippen LogP contribution in [0.3, 0.4) is 0 Å². The van der Waals surface area contributed by atoms with Gasteiger partial charge in [-0.05, 0) is 65.2 Å². The Morgan fingerprint density at radius 3 is 2.32 bits per heavy atom. The first-order valence-electron chi connectivity index (χ1n) is 11.7. The highest BCUT2D eigenvalue weighted by Crippen LogP contribution is 2.30. The highest BCUT2D eigenvalue weighted by molar-refractivity contribution is 5.67. The van der Waals surface area contributed by atoms with Gasteiger partial charge in [0.25, 0.3) is 0 Å². The van der Waals surface area contributed by atoms with Crippen molar-refractivity contribution in [3.05, 3.63) is 29.2 Å². The third-order valence-electron chi connectivity index (χ3n) is 6.94. The van der Waals surface area contributed by atoms with Gasteiger partial charge in [0, 0.05) is 31.3 Å². The number of hydrogen-bond donors (Lipinski definition) is 1. The molecule has 0 aromatic carbocycles. The fraction of sp³-hybridized carbons (Fsp3) is 0.583. The summed E-state index contributed by atoms with van der Waals surface area (Å²) in [5.41, 5.74) is 5.35. The standard InChI is InChI=1S/C24H33N7/c1-15-7-9-19(10-8-15)27-23-14-21(30-11-5-6-12-30)28-22-13-20(29-31(22)23)24-18(4)25-16(2)17(3)26-24/h13-15,19,27H,5-12H2,1-4H3. The van der Waals surface area contributed by atoms with Crippen LogP contribution in [0.15, 0.2) is 12.1 Å². The van der Waals surface area contributed by atoms with Crippen molar-refractivity contribution in [2.24, 2.45) is 5.92 Å². The molecule has 0 spiro atoms. The molecule has 0 bridgehead atoms. The minimum Gasteiger partial charge on any atom is -0.367 e. The topological polar surface area (TPSA) is 71.2 Å². The zero-order valence-corrected chi connectivity index (χ0v) is 19.1. The van der Waals surface area contributed by atoms with Gasteiger partial charge < -0.3 is 10.2 Å². The van der Waals surface area contributed by atoms with Crippen LogP contribution in [-0.2, 0) is 0 Å². The number of fused-ring (bicyclic) bond motifs is 1. The number of aryl methyl sites for hydroxylation is 3. The number of aromatic nitrogens is 5. The minimum absolute atomic E-state index is 0.490. The van der Waals surface area contributed by atoms with E-state index in [0.717, 1.165) is 64.8 Å². The number of anilines is 2. The number of nitrogens with one attached hydrogen (secondary N) is 1. The van der Waals surface area contributed by atoms with Crippen molar-refractivity contribution < 1.29 is 0 Å². The van der Waals surface area contributed by atoms with Crippen molar-refractivity contribution in [2.45, 2.75) is 72.3 Å². The third-order valence-corrected chi connectivity index (χ3v) is 6.94. The van der Waals surface area contributed by atoms with Gasteiger partial charge in [-0.3, -0.25) is 4.98 Å². The average Bonchev–Trinajstić information content (AvgIpc) is 3.42. The van der Waals surface area contributed by atoms with Crippen molar-refractivity contribution in [3.63, 3.8) is 0 Å². The van der Waals surface area contributed by atoms with E-state index in [4.69, 9.17) is 15.1 Å². The Kier molecular flexibility index (Phi) is 5.28. The zero-order valence-electron chi connectivity index (χ0n) is 19.1. The lowest BCUT2D eigenvalue weighted by Crippen LogP contribution is -2.27. The molecule has 5 rings (SSSR count). The number of rotatable bonds is 4. The van der Waals surface area contributed by atoms with Gasteiger partial charge in [0.15, 0.2) is 5.65 Å². The van der Waals surface area contributed by atoms with E-state index in [-0.39, 0.29) is 0 Å². The Morgan fingerprint density at radius 1 is 0.871 bits per heavy atom. The first-order chi connectivity index (χ1) is 15.0. The lowest BCUT2D eigenvalue weighted by molar-refractivity contribution is 0.360. The molecule has 3 aromatic rings. The summed E-state index contributed by atoms with van der Waals surface area (Å²) in [6.45, 7) is 10.5. The molecule has 0 atom stereocenters. The summed E-state index contributed by atoms with van der Waals surface area (Å²) in [4.78, 5) is 16.8. The summed E-state index contributed by atoms with van der Waals surface area (Å²) in [7, 11) is 0. The highest BCUT2D eigenvalue weighted by Gasteiger charge is 2.22. The molecule has 1 aliphatic carbocycles. The van der Waals surface area contributed by atoms with Crippen LogP contribution in [0.5, 0.6) is 0 Å². The van der Waals surface area contributed by atoms with Gasteiger partial charge in [-0.2, -0.15) is 9.61 Å². The van der Waals surface area contributed by atoms with Crippen molar-refractivity contribution >= 4 is 17.3 Å². The first kappa shape index (κ1) is 20.2. The molecule has 31 heavy (non-hydrogen) atoms. The van der Waals surface area contributed by atoms with E-state index in [1.165, 1.54) is 38.5 Å². The molecular formula is C24H33N7. The lowest BCUT2D eigenvalue weighted by Gasteiger charge is -2.28. The quantitative estimate of drug-likeness (QED) is 0.661. The Hall–Kier alpha value is -2.70. The Labute approximate surface area is 184 Å². The van der Waals surface area contributed by atoms with Crippen molar-refractivity contribution in [2.75, 3.05) is 23.3 Å². The summed E-state index contributed by atoms with van der Waals surface area (Å²) in [5.74, 6) is 2.91. The van der Waals surface area contributed by atoms with Crippen molar-refractivity contribution in [3.8, 4) is 11.4 Å². The largest absolute Gasteiger partial charge is 0.367 e. The van der Waals surface area contributed by atoms with Crippen molar-refractivity contribution in [1.82, 2.24) is 24.6 Å². The van der Waals surface area contributed by atoms with Gasteiger partial charge in [-0.1, -0.05) is 6.92 Å². The summed E-state index contributed by atoms with van der Waals surface area (Å²) in [6, 6.07) is 4.73. The maximum atomic E-state index is 4.98. The molecule has 0 unspecified atom stereocenters. The normalized spacial score (nSPS) is 21.7. The molecule has 7 nitrogen and oxygen atoms in total. The van der Waals surface area contributed by atoms with E-state index < -0.39 is 0 Å². The number of nitrogens with zero attached hydrogens (tertiary/aromatic N) is 6. The molecule has 1 saturated heterocycles. The Morgan fingerprint density at radius 2 is 1.58 bits per heavy atom. The van der Waals surface area contributed by atoms with Crippen LogP contribution in [0.4, 0.5) is 11.6 Å². The van der Waals surface area contributed by atoms with E-state index in [2.05, 4.69) is 34.3 Å². The van der Waals surface area contributed by atoms with Crippen LogP contribution in [0.25, 0.3) is 17.0 Å². The third kappa shape index (κ3) is 3.98. The van der Waals surface area contributed by atoms with Crippen LogP contribution in [-0.4, -0.2) is 43.7 Å². The Balaban J connectivity index is 1.57. The molecule has 4 heterocycles. The molecular weight excluding hydrogens is 386 g/mol. The molecule has 3 aromatic heterocycles. The molecule has 2 fully saturated rings. The van der Waals surface area contributed by atoms with Gasteiger partial charge in [-0.25, -0.2) is 9.97 Å². The summed E-state index contributed by atoms with van der Waals surface area (Å²) in [6.07, 6.45) is 7.45. The molecule has 164 valence electrons. The number of hydrogen-bond acceptors (Lipinski definition) is 6. The molecule has 2 aliphatic rings. The van der Waals surface area contributed by atoms with Crippen LogP contribution >= 0.6 is 0 Å². The average molecular weight is 420 g/mol. The lowest BCUT2D eigenvalue weighted by atomic mass is 9.87. The molecule has 0 radical (unpaired) electrons. The second kappa shape index (κ2) is 8.09. The molecule has 1 saturated carbocycles. The molecule has 0 amide bonds. The Bertz CT molecular complexity index is 1090. The maximum Gasteiger partial charge on any atom is 0.160 e. The molecule has 1 aliphatic heterocycles. The molecule has 1 N–H and O–H groups in total. The summed E-state index contributed by atoms with van der Waals surface area (Å²) < 4.78 is 1.96. The van der Waals surface area contributed by atoms with E-state index in [9.17, 15) is 0 Å². The summed E-state index contributed by atoms with van der Waals surface area (Å²) >= 11 is 0. The van der Waals surface area contributed by atoms with Crippen LogP contribution in [0.2, 0.25) is 0 Å². The van der Waals surface area contributed by atoms with Gasteiger partial charge in [0.1, 0.15) is 23.0 Å². The smallest absolute Gasteiger partial charge is 0.160 e. The SMILES string of the molecule is Cc1nc(C)c(-c2cc3nc(N4CCCC4)cc(NC4CCC(C)CC4)n3n2)nc1C. The van der Waals surface area contributed by atoms with Crippen molar-refractivity contribution in [1.29, 1.82) is 0 Å². The van der Waals surface area contributed by atoms with E-state index in [1.807, 2.05) is 25.3 Å². The van der Waals surface area contributed by atoms with E-state index in [1.54, 1.807) is 0 Å². The second-order valence-corrected chi connectivity index (χ2v) is 9.42. The van der Waals surface area contributed by atoms with Crippen LogP contribution < -0.4 is 10.2 Å². The summed E-state index contributed by atoms with van der Waals surface area (Å²) in [5, 5.41) is 8.74. The predicted molar refractivity (Wildman–Crippen MR) is 125 cm³/mol. The van der Waals surface area contributed by atoms with Gasteiger partial charge in [0.05, 0.1) is 17.1 Å². The maximum absolute atomic E-state index is 4.98. The predicted octanol–water partition coefficient (Wildman–Crippen LogP) is 4.70. The van der Waals surface area contributed by atoms with Crippen LogP contribution in [0.1, 0.15) is 62.5 Å². The monoisotopic (exact) mass is 419 g/mol. The van der Waals surface area contributed by atoms with E-state index in [0.29, 0.717) is 6.04 Å². The molecule has 7 heteroatoms. The van der Waals surface area contributed by atoms with Gasteiger partial charge in [0.2, 0.25) is 0 Å².